The normalized spacial score (nSPS) is 17.0. The lowest BCUT2D eigenvalue weighted by Gasteiger charge is -2.36. The molecule has 2 aromatic rings. The Bertz CT molecular complexity index is 782. The molecule has 4 rings (SSSR count). The van der Waals surface area contributed by atoms with Crippen molar-refractivity contribution in [2.24, 2.45) is 0 Å². The fraction of sp³-hybridized carbons (Fsp3) is 0.350. The van der Waals surface area contributed by atoms with Crippen LogP contribution < -0.4 is 10.2 Å². The second kappa shape index (κ2) is 6.67. The third-order valence-corrected chi connectivity index (χ3v) is 5.11. The van der Waals surface area contributed by atoms with Crippen LogP contribution in [0, 0.1) is 0 Å². The molecule has 5 heteroatoms. The Morgan fingerprint density at radius 2 is 1.80 bits per heavy atom. The van der Waals surface area contributed by atoms with Crippen molar-refractivity contribution in [1.29, 1.82) is 0 Å². The van der Waals surface area contributed by atoms with Gasteiger partial charge in [0.05, 0.1) is 5.69 Å². The van der Waals surface area contributed by atoms with Gasteiger partial charge in [0.1, 0.15) is 5.75 Å². The maximum Gasteiger partial charge on any atom is 0.254 e. The Morgan fingerprint density at radius 1 is 1.00 bits per heavy atom. The van der Waals surface area contributed by atoms with Crippen molar-refractivity contribution < 1.29 is 9.90 Å². The fourth-order valence-corrected chi connectivity index (χ4v) is 3.76. The van der Waals surface area contributed by atoms with Gasteiger partial charge in [-0.2, -0.15) is 0 Å². The summed E-state index contributed by atoms with van der Waals surface area (Å²) in [6, 6.07) is 13.3. The number of nitrogens with zero attached hydrogens (tertiary/aromatic N) is 2. The zero-order valence-corrected chi connectivity index (χ0v) is 14.2. The molecule has 0 unspecified atom stereocenters. The minimum atomic E-state index is 0.123. The van der Waals surface area contributed by atoms with Gasteiger partial charge in [0.2, 0.25) is 0 Å². The quantitative estimate of drug-likeness (QED) is 0.885. The standard InChI is InChI=1S/C20H23N3O2/c24-19-9-2-1-8-18(19)22-11-13-23(14-12-22)20(25)16-5-3-7-17-15(16)6-4-10-21-17/h1-3,5,7-9,21,24H,4,6,10-14H2. The number of carbonyl (C=O) groups excluding carboxylic acids is 1. The van der Waals surface area contributed by atoms with Crippen LogP contribution in [-0.4, -0.2) is 48.6 Å². The number of aromatic hydroxyl groups is 1. The van der Waals surface area contributed by atoms with Crippen LogP contribution >= 0.6 is 0 Å². The van der Waals surface area contributed by atoms with Crippen LogP contribution in [0.25, 0.3) is 0 Å². The number of phenolic OH excluding ortho intramolecular Hbond substituents is 1. The lowest BCUT2D eigenvalue weighted by atomic mass is 9.96. The summed E-state index contributed by atoms with van der Waals surface area (Å²) in [6.07, 6.45) is 2.03. The van der Waals surface area contributed by atoms with E-state index in [0.717, 1.165) is 55.0 Å². The maximum absolute atomic E-state index is 13.0. The summed E-state index contributed by atoms with van der Waals surface area (Å²) >= 11 is 0. The first-order valence-electron chi connectivity index (χ1n) is 8.92. The van der Waals surface area contributed by atoms with Crippen LogP contribution in [0.5, 0.6) is 5.75 Å². The van der Waals surface area contributed by atoms with Crippen molar-refractivity contribution in [2.75, 3.05) is 42.9 Å². The van der Waals surface area contributed by atoms with Crippen LogP contribution in [0.15, 0.2) is 42.5 Å². The number of para-hydroxylation sites is 2. The summed E-state index contributed by atoms with van der Waals surface area (Å²) in [6.45, 7) is 3.78. The number of piperazine rings is 1. The number of anilines is 2. The summed E-state index contributed by atoms with van der Waals surface area (Å²) in [5, 5.41) is 13.4. The van der Waals surface area contributed by atoms with E-state index in [0.29, 0.717) is 18.8 Å². The zero-order valence-electron chi connectivity index (χ0n) is 14.2. The molecule has 0 aromatic heterocycles. The largest absolute Gasteiger partial charge is 0.506 e. The van der Waals surface area contributed by atoms with Gasteiger partial charge in [-0.1, -0.05) is 18.2 Å². The monoisotopic (exact) mass is 337 g/mol. The summed E-state index contributed by atoms with van der Waals surface area (Å²) in [5.74, 6) is 0.419. The highest BCUT2D eigenvalue weighted by Gasteiger charge is 2.26. The van der Waals surface area contributed by atoms with E-state index >= 15 is 0 Å². The van der Waals surface area contributed by atoms with E-state index < -0.39 is 0 Å². The van der Waals surface area contributed by atoms with E-state index in [4.69, 9.17) is 0 Å². The molecular formula is C20H23N3O2. The Hall–Kier alpha value is -2.69. The first kappa shape index (κ1) is 15.8. The fourth-order valence-electron chi connectivity index (χ4n) is 3.76. The average Bonchev–Trinajstić information content (AvgIpc) is 2.67. The summed E-state index contributed by atoms with van der Waals surface area (Å²) < 4.78 is 0. The number of benzene rings is 2. The minimum absolute atomic E-state index is 0.123. The number of hydrogen-bond donors (Lipinski definition) is 2. The van der Waals surface area contributed by atoms with E-state index in [9.17, 15) is 9.90 Å². The van der Waals surface area contributed by atoms with E-state index in [1.54, 1.807) is 6.07 Å². The lowest BCUT2D eigenvalue weighted by Crippen LogP contribution is -2.49. The third-order valence-electron chi connectivity index (χ3n) is 5.11. The molecular weight excluding hydrogens is 314 g/mol. The van der Waals surface area contributed by atoms with Crippen molar-refractivity contribution in [3.63, 3.8) is 0 Å². The lowest BCUT2D eigenvalue weighted by molar-refractivity contribution is 0.0745. The molecule has 0 aliphatic carbocycles. The van der Waals surface area contributed by atoms with Gasteiger partial charge in [-0.25, -0.2) is 0 Å². The number of carbonyl (C=O) groups is 1. The Kier molecular flexibility index (Phi) is 4.22. The highest BCUT2D eigenvalue weighted by Crippen LogP contribution is 2.29. The second-order valence-electron chi connectivity index (χ2n) is 6.63. The molecule has 0 radical (unpaired) electrons. The summed E-state index contributed by atoms with van der Waals surface area (Å²) in [4.78, 5) is 17.1. The summed E-state index contributed by atoms with van der Waals surface area (Å²) in [5.41, 5.74) is 3.93. The van der Waals surface area contributed by atoms with Gasteiger partial charge >= 0.3 is 0 Å². The molecule has 25 heavy (non-hydrogen) atoms. The van der Waals surface area contributed by atoms with Crippen molar-refractivity contribution >= 4 is 17.3 Å². The molecule has 2 N–H and O–H groups in total. The average molecular weight is 337 g/mol. The van der Waals surface area contributed by atoms with Crippen LogP contribution in [0.1, 0.15) is 22.3 Å². The number of rotatable bonds is 2. The van der Waals surface area contributed by atoms with Gasteiger partial charge in [-0.05, 0) is 42.7 Å². The number of nitrogens with one attached hydrogen (secondary N) is 1. The highest BCUT2D eigenvalue weighted by atomic mass is 16.3. The third kappa shape index (κ3) is 3.02. The molecule has 0 bridgehead atoms. The van der Waals surface area contributed by atoms with Gasteiger partial charge in [0.15, 0.2) is 0 Å². The van der Waals surface area contributed by atoms with E-state index in [2.05, 4.69) is 16.3 Å². The van der Waals surface area contributed by atoms with Gasteiger partial charge in [-0.15, -0.1) is 0 Å². The smallest absolute Gasteiger partial charge is 0.254 e. The Labute approximate surface area is 147 Å². The molecule has 0 saturated carbocycles. The molecule has 2 aliphatic heterocycles. The number of phenols is 1. The van der Waals surface area contributed by atoms with E-state index in [1.807, 2.05) is 35.2 Å². The van der Waals surface area contributed by atoms with Crippen molar-refractivity contribution in [2.45, 2.75) is 12.8 Å². The summed E-state index contributed by atoms with van der Waals surface area (Å²) in [7, 11) is 0. The zero-order chi connectivity index (χ0) is 17.2. The first-order valence-corrected chi connectivity index (χ1v) is 8.92. The Balaban J connectivity index is 1.48. The molecule has 0 atom stereocenters. The first-order chi connectivity index (χ1) is 12.2. The molecule has 1 amide bonds. The Morgan fingerprint density at radius 3 is 2.60 bits per heavy atom. The molecule has 2 heterocycles. The molecule has 1 saturated heterocycles. The molecule has 130 valence electrons. The highest BCUT2D eigenvalue weighted by molar-refractivity contribution is 5.97. The van der Waals surface area contributed by atoms with Crippen molar-refractivity contribution in [1.82, 2.24) is 4.90 Å². The predicted molar refractivity (Wildman–Crippen MR) is 99.5 cm³/mol. The van der Waals surface area contributed by atoms with Crippen LogP contribution in [0.4, 0.5) is 11.4 Å². The van der Waals surface area contributed by atoms with Crippen molar-refractivity contribution in [3.05, 3.63) is 53.6 Å². The maximum atomic E-state index is 13.0. The van der Waals surface area contributed by atoms with Gasteiger partial charge in [-0.3, -0.25) is 4.79 Å². The number of amides is 1. The van der Waals surface area contributed by atoms with E-state index in [-0.39, 0.29) is 5.91 Å². The van der Waals surface area contributed by atoms with Gasteiger partial charge in [0.25, 0.3) is 5.91 Å². The van der Waals surface area contributed by atoms with Crippen LogP contribution in [0.2, 0.25) is 0 Å². The van der Waals surface area contributed by atoms with Gasteiger partial charge < -0.3 is 20.2 Å². The van der Waals surface area contributed by atoms with Crippen molar-refractivity contribution in [3.8, 4) is 5.75 Å². The second-order valence-corrected chi connectivity index (χ2v) is 6.63. The molecule has 2 aromatic carbocycles. The number of fused-ring (bicyclic) bond motifs is 1. The SMILES string of the molecule is O=C(c1cccc2c1CCCN2)N1CCN(c2ccccc2O)CC1. The van der Waals surface area contributed by atoms with Crippen LogP contribution in [0.3, 0.4) is 0 Å². The molecule has 0 spiro atoms. The van der Waals surface area contributed by atoms with E-state index in [1.165, 1.54) is 0 Å². The predicted octanol–water partition coefficient (Wildman–Crippen LogP) is 2.71. The van der Waals surface area contributed by atoms with Gasteiger partial charge in [0, 0.05) is 44.0 Å². The minimum Gasteiger partial charge on any atom is -0.506 e. The molecule has 1 fully saturated rings. The molecule has 5 nitrogen and oxygen atoms in total. The topological polar surface area (TPSA) is 55.8 Å². The van der Waals surface area contributed by atoms with Crippen LogP contribution in [-0.2, 0) is 6.42 Å². The molecule has 2 aliphatic rings. The number of hydrogen-bond acceptors (Lipinski definition) is 4.